The summed E-state index contributed by atoms with van der Waals surface area (Å²) in [6.07, 6.45) is 3.30. The van der Waals surface area contributed by atoms with Crippen LogP contribution in [0.3, 0.4) is 0 Å². The zero-order chi connectivity index (χ0) is 6.41. The van der Waals surface area contributed by atoms with Crippen LogP contribution in [0, 0.1) is 0 Å². The van der Waals surface area contributed by atoms with Gasteiger partial charge in [-0.25, -0.2) is 0 Å². The summed E-state index contributed by atoms with van der Waals surface area (Å²) in [6, 6.07) is 0. The Bertz CT molecular complexity index is 88.5. The van der Waals surface area contributed by atoms with E-state index in [4.69, 9.17) is 4.84 Å². The molecule has 0 aliphatic carbocycles. The lowest BCUT2D eigenvalue weighted by atomic mass is 10.4. The van der Waals surface area contributed by atoms with Gasteiger partial charge in [-0.05, 0) is 19.9 Å². The maximum Gasteiger partial charge on any atom is 0.142 e. The Hall–Kier alpha value is -0.790. The van der Waals surface area contributed by atoms with Gasteiger partial charge in [0.15, 0.2) is 0 Å². The minimum Gasteiger partial charge on any atom is -0.389 e. The molecule has 2 heteroatoms. The minimum absolute atomic E-state index is 0.0196. The normalized spacial score (nSPS) is 13.8. The fourth-order valence-corrected chi connectivity index (χ4v) is 0.200. The molecule has 46 valence electrons. The van der Waals surface area contributed by atoms with E-state index in [2.05, 4.69) is 11.7 Å². The van der Waals surface area contributed by atoms with Crippen molar-refractivity contribution in [3.05, 3.63) is 12.7 Å². The monoisotopic (exact) mass is 113 g/mol. The van der Waals surface area contributed by atoms with Crippen molar-refractivity contribution >= 4 is 6.21 Å². The van der Waals surface area contributed by atoms with Crippen LogP contribution in [0.25, 0.3) is 0 Å². The average molecular weight is 113 g/mol. The number of hydrogen-bond donors (Lipinski definition) is 0. The molecule has 0 aromatic heterocycles. The van der Waals surface area contributed by atoms with E-state index in [9.17, 15) is 0 Å². The van der Waals surface area contributed by atoms with Crippen molar-refractivity contribution in [3.8, 4) is 0 Å². The lowest BCUT2D eigenvalue weighted by Gasteiger charge is -1.99. The molecule has 0 N–H and O–H groups in total. The summed E-state index contributed by atoms with van der Waals surface area (Å²) >= 11 is 0. The van der Waals surface area contributed by atoms with Gasteiger partial charge in [0.1, 0.15) is 6.10 Å². The molecule has 0 aliphatic rings. The van der Waals surface area contributed by atoms with Gasteiger partial charge in [0, 0.05) is 6.21 Å². The summed E-state index contributed by atoms with van der Waals surface area (Å²) in [5.74, 6) is 0. The lowest BCUT2D eigenvalue weighted by molar-refractivity contribution is 0.107. The zero-order valence-corrected chi connectivity index (χ0v) is 5.29. The minimum atomic E-state index is 0.0196. The summed E-state index contributed by atoms with van der Waals surface area (Å²) in [6.45, 7) is 7.19. The molecule has 2 nitrogen and oxygen atoms in total. The third-order valence-corrected chi connectivity index (χ3v) is 0.664. The van der Waals surface area contributed by atoms with Crippen molar-refractivity contribution in [1.29, 1.82) is 0 Å². The predicted molar refractivity (Wildman–Crippen MR) is 34.9 cm³/mol. The van der Waals surface area contributed by atoms with Gasteiger partial charge in [-0.2, -0.15) is 0 Å². The molecule has 0 heterocycles. The van der Waals surface area contributed by atoms with Gasteiger partial charge in [0.2, 0.25) is 0 Å². The molecule has 0 rings (SSSR count). The molecule has 0 aromatic carbocycles. The SMILES string of the molecule is C=CC(C)O/N=C\C. The first-order valence-corrected chi connectivity index (χ1v) is 2.57. The molecule has 0 aromatic rings. The van der Waals surface area contributed by atoms with Crippen LogP contribution in [-0.2, 0) is 4.84 Å². The van der Waals surface area contributed by atoms with Crippen LogP contribution in [0.1, 0.15) is 13.8 Å². The van der Waals surface area contributed by atoms with Gasteiger partial charge in [-0.1, -0.05) is 11.7 Å². The average Bonchev–Trinajstić information content (AvgIpc) is 1.83. The van der Waals surface area contributed by atoms with E-state index in [1.807, 2.05) is 6.92 Å². The summed E-state index contributed by atoms with van der Waals surface area (Å²) in [7, 11) is 0. The molecule has 0 spiro atoms. The Morgan fingerprint density at radius 2 is 2.38 bits per heavy atom. The van der Waals surface area contributed by atoms with E-state index in [0.717, 1.165) is 0 Å². The molecule has 0 aliphatic heterocycles. The smallest absolute Gasteiger partial charge is 0.142 e. The Kier molecular flexibility index (Phi) is 3.94. The molecule has 0 amide bonds. The van der Waals surface area contributed by atoms with Crippen LogP contribution < -0.4 is 0 Å². The highest BCUT2D eigenvalue weighted by Crippen LogP contribution is 1.89. The Morgan fingerprint density at radius 1 is 1.75 bits per heavy atom. The first-order valence-electron chi connectivity index (χ1n) is 2.57. The van der Waals surface area contributed by atoms with Gasteiger partial charge in [0.25, 0.3) is 0 Å². The molecular formula is C6H11NO. The summed E-state index contributed by atoms with van der Waals surface area (Å²) < 4.78 is 0. The van der Waals surface area contributed by atoms with Gasteiger partial charge < -0.3 is 4.84 Å². The number of nitrogens with zero attached hydrogens (tertiary/aromatic N) is 1. The predicted octanol–water partition coefficient (Wildman–Crippen LogP) is 1.58. The fourth-order valence-electron chi connectivity index (χ4n) is 0.200. The maximum absolute atomic E-state index is 4.79. The molecule has 1 atom stereocenters. The van der Waals surface area contributed by atoms with Crippen LogP contribution >= 0.6 is 0 Å². The second-order valence-electron chi connectivity index (χ2n) is 1.41. The first kappa shape index (κ1) is 7.21. The summed E-state index contributed by atoms with van der Waals surface area (Å²) in [5.41, 5.74) is 0. The van der Waals surface area contributed by atoms with E-state index in [1.165, 1.54) is 0 Å². The van der Waals surface area contributed by atoms with E-state index < -0.39 is 0 Å². The molecule has 0 saturated carbocycles. The van der Waals surface area contributed by atoms with Gasteiger partial charge in [0.05, 0.1) is 0 Å². The third-order valence-electron chi connectivity index (χ3n) is 0.664. The van der Waals surface area contributed by atoms with Crippen LogP contribution in [0.15, 0.2) is 17.8 Å². The van der Waals surface area contributed by atoms with Crippen molar-refractivity contribution in [2.24, 2.45) is 5.16 Å². The molecule has 0 fully saturated rings. The first-order chi connectivity index (χ1) is 3.81. The number of hydrogen-bond acceptors (Lipinski definition) is 2. The Morgan fingerprint density at radius 3 is 2.75 bits per heavy atom. The van der Waals surface area contributed by atoms with Crippen LogP contribution in [0.2, 0.25) is 0 Å². The van der Waals surface area contributed by atoms with Crippen LogP contribution in [0.5, 0.6) is 0 Å². The highest BCUT2D eigenvalue weighted by molar-refractivity contribution is 5.52. The molecule has 8 heavy (non-hydrogen) atoms. The van der Waals surface area contributed by atoms with Crippen molar-refractivity contribution in [1.82, 2.24) is 0 Å². The lowest BCUT2D eigenvalue weighted by Crippen LogP contribution is -1.96. The fraction of sp³-hybridized carbons (Fsp3) is 0.500. The van der Waals surface area contributed by atoms with Gasteiger partial charge in [-0.15, -0.1) is 0 Å². The molecule has 0 bridgehead atoms. The van der Waals surface area contributed by atoms with Crippen molar-refractivity contribution in [2.75, 3.05) is 0 Å². The number of oxime groups is 1. The quantitative estimate of drug-likeness (QED) is 0.309. The van der Waals surface area contributed by atoms with Crippen LogP contribution in [0.4, 0.5) is 0 Å². The molecule has 0 saturated heterocycles. The Balaban J connectivity index is 3.23. The highest BCUT2D eigenvalue weighted by Gasteiger charge is 1.88. The van der Waals surface area contributed by atoms with Gasteiger partial charge in [-0.3, -0.25) is 0 Å². The molecular weight excluding hydrogens is 102 g/mol. The summed E-state index contributed by atoms with van der Waals surface area (Å²) in [4.78, 5) is 4.79. The molecule has 0 radical (unpaired) electrons. The Labute approximate surface area is 49.8 Å². The van der Waals surface area contributed by atoms with Crippen molar-refractivity contribution in [3.63, 3.8) is 0 Å². The van der Waals surface area contributed by atoms with Crippen molar-refractivity contribution < 1.29 is 4.84 Å². The second kappa shape index (κ2) is 4.37. The molecule has 1 unspecified atom stereocenters. The number of rotatable bonds is 3. The highest BCUT2D eigenvalue weighted by atomic mass is 16.6. The maximum atomic E-state index is 4.79. The standard InChI is InChI=1S/C6H11NO/c1-4-6(3)8-7-5-2/h4-6H,1H2,2-3H3/b7-5-. The van der Waals surface area contributed by atoms with Gasteiger partial charge >= 0.3 is 0 Å². The second-order valence-corrected chi connectivity index (χ2v) is 1.41. The summed E-state index contributed by atoms with van der Waals surface area (Å²) in [5, 5.41) is 3.55. The zero-order valence-electron chi connectivity index (χ0n) is 5.29. The van der Waals surface area contributed by atoms with E-state index >= 15 is 0 Å². The van der Waals surface area contributed by atoms with E-state index in [-0.39, 0.29) is 6.10 Å². The van der Waals surface area contributed by atoms with Crippen LogP contribution in [-0.4, -0.2) is 12.3 Å². The van der Waals surface area contributed by atoms with E-state index in [1.54, 1.807) is 19.2 Å². The largest absolute Gasteiger partial charge is 0.389 e. The third kappa shape index (κ3) is 3.40. The van der Waals surface area contributed by atoms with Crippen molar-refractivity contribution in [2.45, 2.75) is 20.0 Å². The topological polar surface area (TPSA) is 21.6 Å². The van der Waals surface area contributed by atoms with E-state index in [0.29, 0.717) is 0 Å².